The number of aliphatic hydroxyl groups is 1. The lowest BCUT2D eigenvalue weighted by Gasteiger charge is -2.10. The van der Waals surface area contributed by atoms with Crippen molar-refractivity contribution in [1.29, 1.82) is 0 Å². The molecule has 0 heterocycles. The number of aliphatic hydroxyl groups excluding tert-OH is 1. The third-order valence-electron chi connectivity index (χ3n) is 2.55. The van der Waals surface area contributed by atoms with Gasteiger partial charge in [-0.15, -0.1) is 0 Å². The molecule has 0 saturated heterocycles. The van der Waals surface area contributed by atoms with Gasteiger partial charge in [0, 0.05) is 31.5 Å². The zero-order valence-corrected chi connectivity index (χ0v) is 11.9. The van der Waals surface area contributed by atoms with Gasteiger partial charge in [-0.25, -0.2) is 0 Å². The van der Waals surface area contributed by atoms with Crippen molar-refractivity contribution in [3.8, 4) is 0 Å². The predicted octanol–water partition coefficient (Wildman–Crippen LogP) is 1.16. The summed E-state index contributed by atoms with van der Waals surface area (Å²) in [7, 11) is 1.59. The maximum Gasteiger partial charge on any atom is 0.251 e. The minimum atomic E-state index is -0.141. The van der Waals surface area contributed by atoms with Crippen LogP contribution in [-0.4, -0.2) is 42.7 Å². The third-order valence-corrected chi connectivity index (χ3v) is 3.62. The van der Waals surface area contributed by atoms with Crippen molar-refractivity contribution in [2.75, 3.05) is 42.8 Å². The van der Waals surface area contributed by atoms with Crippen molar-refractivity contribution < 1.29 is 9.90 Å². The number of anilines is 2. The summed E-state index contributed by atoms with van der Waals surface area (Å²) in [6, 6.07) is 5.23. The quantitative estimate of drug-likeness (QED) is 0.425. The molecule has 0 saturated carbocycles. The molecule has 106 valence electrons. The highest BCUT2D eigenvalue weighted by Gasteiger charge is 2.05. The highest BCUT2D eigenvalue weighted by atomic mass is 32.2. The molecule has 0 aliphatic rings. The van der Waals surface area contributed by atoms with Gasteiger partial charge in [0.2, 0.25) is 0 Å². The normalized spacial score (nSPS) is 10.2. The van der Waals surface area contributed by atoms with E-state index in [1.54, 1.807) is 30.9 Å². The molecule has 5 nitrogen and oxygen atoms in total. The van der Waals surface area contributed by atoms with E-state index in [0.717, 1.165) is 30.2 Å². The van der Waals surface area contributed by atoms with Crippen molar-refractivity contribution in [1.82, 2.24) is 5.32 Å². The van der Waals surface area contributed by atoms with Crippen molar-refractivity contribution >= 4 is 29.0 Å². The van der Waals surface area contributed by atoms with Crippen LogP contribution in [0.3, 0.4) is 0 Å². The highest BCUT2D eigenvalue weighted by Crippen LogP contribution is 2.19. The van der Waals surface area contributed by atoms with Crippen LogP contribution in [0, 0.1) is 0 Å². The molecule has 19 heavy (non-hydrogen) atoms. The van der Waals surface area contributed by atoms with E-state index in [2.05, 4.69) is 10.6 Å². The molecular formula is C13H21N3O2S. The molecule has 0 aliphatic heterocycles. The molecule has 1 rings (SSSR count). The molecule has 1 aromatic carbocycles. The molecule has 0 spiro atoms. The van der Waals surface area contributed by atoms with E-state index in [1.807, 2.05) is 6.07 Å². The molecule has 5 N–H and O–H groups in total. The minimum absolute atomic E-state index is 0.141. The lowest BCUT2D eigenvalue weighted by atomic mass is 10.1. The summed E-state index contributed by atoms with van der Waals surface area (Å²) in [6.07, 6.45) is 0.827. The summed E-state index contributed by atoms with van der Waals surface area (Å²) in [5.41, 5.74) is 7.87. The molecule has 0 aromatic heterocycles. The Hall–Kier alpha value is -1.40. The number of nitrogens with one attached hydrogen (secondary N) is 2. The van der Waals surface area contributed by atoms with Crippen molar-refractivity contribution in [2.45, 2.75) is 6.42 Å². The molecule has 1 aromatic rings. The topological polar surface area (TPSA) is 87.4 Å². The summed E-state index contributed by atoms with van der Waals surface area (Å²) in [4.78, 5) is 11.4. The Morgan fingerprint density at radius 2 is 2.21 bits per heavy atom. The van der Waals surface area contributed by atoms with Gasteiger partial charge < -0.3 is 21.5 Å². The monoisotopic (exact) mass is 283 g/mol. The average molecular weight is 283 g/mol. The fourth-order valence-corrected chi connectivity index (χ4v) is 2.32. The second kappa shape index (κ2) is 8.66. The number of benzene rings is 1. The van der Waals surface area contributed by atoms with Crippen LogP contribution in [0.2, 0.25) is 0 Å². The number of nitrogens with two attached hydrogens (primary N) is 1. The number of thioether (sulfide) groups is 1. The van der Waals surface area contributed by atoms with Gasteiger partial charge in [0.1, 0.15) is 0 Å². The van der Waals surface area contributed by atoms with Gasteiger partial charge in [0.05, 0.1) is 11.4 Å². The first-order valence-electron chi connectivity index (χ1n) is 6.23. The Kier molecular flexibility index (Phi) is 7.14. The first-order valence-corrected chi connectivity index (χ1v) is 7.38. The van der Waals surface area contributed by atoms with Gasteiger partial charge in [-0.3, -0.25) is 4.79 Å². The second-order valence-corrected chi connectivity index (χ2v) is 5.22. The van der Waals surface area contributed by atoms with Crippen molar-refractivity contribution in [2.24, 2.45) is 0 Å². The third kappa shape index (κ3) is 5.40. The van der Waals surface area contributed by atoms with Gasteiger partial charge in [-0.2, -0.15) is 11.8 Å². The molecule has 0 atom stereocenters. The fraction of sp³-hybridized carbons (Fsp3) is 0.462. The summed E-state index contributed by atoms with van der Waals surface area (Å²) in [6.45, 7) is 1.05. The largest absolute Gasteiger partial charge is 0.397 e. The Morgan fingerprint density at radius 3 is 2.84 bits per heavy atom. The Labute approximate surface area is 118 Å². The molecule has 0 unspecified atom stereocenters. The molecular weight excluding hydrogens is 262 g/mol. The minimum Gasteiger partial charge on any atom is -0.397 e. The number of hydrogen-bond donors (Lipinski definition) is 4. The number of nitrogen functional groups attached to an aromatic ring is 1. The standard InChI is InChI=1S/C13H21N3O2S/c1-15-13(18)10-3-4-12(11(14)9-10)16-5-8-19-7-2-6-17/h3-4,9,16-17H,2,5-8,14H2,1H3,(H,15,18). The van der Waals surface area contributed by atoms with Crippen LogP contribution in [-0.2, 0) is 0 Å². The van der Waals surface area contributed by atoms with Gasteiger partial charge >= 0.3 is 0 Å². The van der Waals surface area contributed by atoms with E-state index in [-0.39, 0.29) is 12.5 Å². The number of rotatable bonds is 8. The summed E-state index contributed by atoms with van der Waals surface area (Å²) < 4.78 is 0. The highest BCUT2D eigenvalue weighted by molar-refractivity contribution is 7.99. The van der Waals surface area contributed by atoms with Crippen molar-refractivity contribution in [3.63, 3.8) is 0 Å². The lowest BCUT2D eigenvalue weighted by Crippen LogP contribution is -2.18. The number of hydrogen-bond acceptors (Lipinski definition) is 5. The summed E-state index contributed by atoms with van der Waals surface area (Å²) >= 11 is 1.79. The van der Waals surface area contributed by atoms with Crippen LogP contribution >= 0.6 is 11.8 Å². The van der Waals surface area contributed by atoms with E-state index < -0.39 is 0 Å². The molecule has 0 bridgehead atoms. The van der Waals surface area contributed by atoms with Crippen molar-refractivity contribution in [3.05, 3.63) is 23.8 Å². The van der Waals surface area contributed by atoms with E-state index in [0.29, 0.717) is 11.3 Å². The molecule has 0 radical (unpaired) electrons. The maximum atomic E-state index is 11.4. The van der Waals surface area contributed by atoms with E-state index in [4.69, 9.17) is 10.8 Å². The Morgan fingerprint density at radius 1 is 1.42 bits per heavy atom. The Balaban J connectivity index is 2.40. The number of carbonyl (C=O) groups excluding carboxylic acids is 1. The van der Waals surface area contributed by atoms with Gasteiger partial charge in [-0.05, 0) is 30.4 Å². The van der Waals surface area contributed by atoms with E-state index in [1.165, 1.54) is 0 Å². The van der Waals surface area contributed by atoms with Crippen LogP contribution < -0.4 is 16.4 Å². The average Bonchev–Trinajstić information content (AvgIpc) is 2.43. The van der Waals surface area contributed by atoms with Crippen LogP contribution in [0.1, 0.15) is 16.8 Å². The van der Waals surface area contributed by atoms with E-state index in [9.17, 15) is 4.79 Å². The van der Waals surface area contributed by atoms with Gasteiger partial charge in [0.15, 0.2) is 0 Å². The first-order chi connectivity index (χ1) is 9.19. The zero-order chi connectivity index (χ0) is 14.1. The fourth-order valence-electron chi connectivity index (χ4n) is 1.54. The predicted molar refractivity (Wildman–Crippen MR) is 81.8 cm³/mol. The zero-order valence-electron chi connectivity index (χ0n) is 11.1. The first kappa shape index (κ1) is 15.7. The molecule has 6 heteroatoms. The Bertz CT molecular complexity index is 413. The molecule has 0 fully saturated rings. The maximum absolute atomic E-state index is 11.4. The summed E-state index contributed by atoms with van der Waals surface area (Å²) in [5, 5.41) is 14.4. The smallest absolute Gasteiger partial charge is 0.251 e. The van der Waals surface area contributed by atoms with Crippen LogP contribution in [0.5, 0.6) is 0 Å². The summed E-state index contributed by atoms with van der Waals surface area (Å²) in [5.74, 6) is 1.78. The number of carbonyl (C=O) groups is 1. The van der Waals surface area contributed by atoms with E-state index >= 15 is 0 Å². The lowest BCUT2D eigenvalue weighted by molar-refractivity contribution is 0.0963. The molecule has 1 amide bonds. The van der Waals surface area contributed by atoms with Gasteiger partial charge in [0.25, 0.3) is 5.91 Å². The number of amides is 1. The second-order valence-electron chi connectivity index (χ2n) is 4.00. The molecule has 0 aliphatic carbocycles. The SMILES string of the molecule is CNC(=O)c1ccc(NCCSCCCO)c(N)c1. The van der Waals surface area contributed by atoms with Crippen LogP contribution in [0.25, 0.3) is 0 Å². The van der Waals surface area contributed by atoms with Crippen LogP contribution in [0.4, 0.5) is 11.4 Å². The van der Waals surface area contributed by atoms with Gasteiger partial charge in [-0.1, -0.05) is 0 Å². The van der Waals surface area contributed by atoms with Crippen LogP contribution in [0.15, 0.2) is 18.2 Å².